The van der Waals surface area contributed by atoms with Crippen molar-refractivity contribution in [2.45, 2.75) is 19.6 Å². The Bertz CT molecular complexity index is 476. The molecule has 88 valence electrons. The third kappa shape index (κ3) is 2.62. The average molecular weight is 235 g/mol. The number of halogens is 3. The van der Waals surface area contributed by atoms with Gasteiger partial charge in [0.2, 0.25) is 0 Å². The number of nitrogens with zero attached hydrogens (tertiary/aromatic N) is 1. The second kappa shape index (κ2) is 3.99. The summed E-state index contributed by atoms with van der Waals surface area (Å²) in [5.41, 5.74) is -2.09. The van der Waals surface area contributed by atoms with Gasteiger partial charge in [0.05, 0.1) is 5.56 Å². The van der Waals surface area contributed by atoms with Crippen molar-refractivity contribution in [1.29, 1.82) is 0 Å². The smallest absolute Gasteiger partial charge is 0.416 e. The average Bonchev–Trinajstić information content (AvgIpc) is 2.09. The number of hydrogen-bond donors (Lipinski definition) is 1. The van der Waals surface area contributed by atoms with Gasteiger partial charge >= 0.3 is 12.1 Å². The van der Waals surface area contributed by atoms with E-state index in [2.05, 4.69) is 0 Å². The van der Waals surface area contributed by atoms with Gasteiger partial charge in [-0.1, -0.05) is 0 Å². The maximum atomic E-state index is 12.3. The van der Waals surface area contributed by atoms with Crippen LogP contribution in [0.3, 0.4) is 0 Å². The molecule has 4 nitrogen and oxygen atoms in total. The van der Waals surface area contributed by atoms with Crippen LogP contribution in [0.2, 0.25) is 0 Å². The van der Waals surface area contributed by atoms with Crippen molar-refractivity contribution in [3.63, 3.8) is 0 Å². The van der Waals surface area contributed by atoms with Crippen molar-refractivity contribution in [3.8, 4) is 0 Å². The predicted molar refractivity (Wildman–Crippen MR) is 48.1 cm³/mol. The zero-order chi connectivity index (χ0) is 12.5. The number of aromatic nitrogens is 1. The highest BCUT2D eigenvalue weighted by Crippen LogP contribution is 2.28. The summed E-state index contributed by atoms with van der Waals surface area (Å²) in [7, 11) is 0. The Labute approximate surface area is 87.9 Å². The summed E-state index contributed by atoms with van der Waals surface area (Å²) in [5, 5.41) is 8.46. The molecule has 0 amide bonds. The topological polar surface area (TPSA) is 59.3 Å². The lowest BCUT2D eigenvalue weighted by Crippen LogP contribution is -2.27. The summed E-state index contributed by atoms with van der Waals surface area (Å²) < 4.78 is 37.6. The number of carbonyl (C=O) groups is 1. The lowest BCUT2D eigenvalue weighted by Gasteiger charge is -2.11. The number of aryl methyl sites for hydroxylation is 1. The zero-order valence-electron chi connectivity index (χ0n) is 8.21. The molecule has 1 aromatic rings. The lowest BCUT2D eigenvalue weighted by atomic mass is 10.2. The Morgan fingerprint density at radius 1 is 1.44 bits per heavy atom. The Kier molecular flexibility index (Phi) is 3.06. The van der Waals surface area contributed by atoms with Gasteiger partial charge in [-0.15, -0.1) is 0 Å². The minimum atomic E-state index is -4.60. The molecule has 1 aromatic heterocycles. The Hall–Kier alpha value is -1.79. The van der Waals surface area contributed by atoms with Crippen LogP contribution in [0.4, 0.5) is 13.2 Å². The second-order valence-corrected chi connectivity index (χ2v) is 3.20. The third-order valence-corrected chi connectivity index (χ3v) is 1.96. The minimum absolute atomic E-state index is 0.0396. The number of pyridine rings is 1. The number of carboxylic acids is 1. The van der Waals surface area contributed by atoms with Crippen molar-refractivity contribution >= 4 is 5.97 Å². The second-order valence-electron chi connectivity index (χ2n) is 3.20. The largest absolute Gasteiger partial charge is 0.480 e. The van der Waals surface area contributed by atoms with Gasteiger partial charge in [0.1, 0.15) is 6.54 Å². The Morgan fingerprint density at radius 3 is 2.38 bits per heavy atom. The van der Waals surface area contributed by atoms with Crippen molar-refractivity contribution in [2.24, 2.45) is 0 Å². The highest BCUT2D eigenvalue weighted by Gasteiger charge is 2.31. The first-order chi connectivity index (χ1) is 7.21. The van der Waals surface area contributed by atoms with Crippen molar-refractivity contribution in [1.82, 2.24) is 4.57 Å². The van der Waals surface area contributed by atoms with Crippen LogP contribution in [0, 0.1) is 6.92 Å². The molecule has 0 spiro atoms. The van der Waals surface area contributed by atoms with Crippen molar-refractivity contribution in [3.05, 3.63) is 33.7 Å². The van der Waals surface area contributed by atoms with Gasteiger partial charge in [-0.25, -0.2) is 0 Å². The fraction of sp³-hybridized carbons (Fsp3) is 0.333. The van der Waals surface area contributed by atoms with Crippen LogP contribution >= 0.6 is 0 Å². The third-order valence-electron chi connectivity index (χ3n) is 1.96. The van der Waals surface area contributed by atoms with E-state index in [4.69, 9.17) is 5.11 Å². The summed E-state index contributed by atoms with van der Waals surface area (Å²) in [4.78, 5) is 21.6. The molecular formula is C9H8F3NO3. The van der Waals surface area contributed by atoms with Crippen LogP contribution < -0.4 is 5.56 Å². The van der Waals surface area contributed by atoms with Crippen LogP contribution in [0.25, 0.3) is 0 Å². The number of alkyl halides is 3. The molecule has 0 bridgehead atoms. The molecule has 0 saturated carbocycles. The van der Waals surface area contributed by atoms with E-state index in [1.165, 1.54) is 6.92 Å². The van der Waals surface area contributed by atoms with Crippen LogP contribution in [-0.4, -0.2) is 15.6 Å². The molecule has 1 rings (SSSR count). The highest BCUT2D eigenvalue weighted by molar-refractivity contribution is 5.66. The number of hydrogen-bond acceptors (Lipinski definition) is 2. The molecule has 0 aromatic carbocycles. The monoisotopic (exact) mass is 235 g/mol. The summed E-state index contributed by atoms with van der Waals surface area (Å²) in [6.45, 7) is 0.600. The Balaban J connectivity index is 3.29. The number of carboxylic acid groups (broad SMARTS) is 1. The molecule has 16 heavy (non-hydrogen) atoms. The van der Waals surface area contributed by atoms with Crippen LogP contribution in [0.5, 0.6) is 0 Å². The van der Waals surface area contributed by atoms with Gasteiger partial charge < -0.3 is 9.67 Å². The van der Waals surface area contributed by atoms with E-state index in [9.17, 15) is 22.8 Å². The van der Waals surface area contributed by atoms with Crippen LogP contribution in [0.15, 0.2) is 16.9 Å². The molecule has 0 unspecified atom stereocenters. The SMILES string of the molecule is Cc1cc(C(F)(F)F)cc(=O)n1CC(=O)O. The summed E-state index contributed by atoms with van der Waals surface area (Å²) >= 11 is 0. The van der Waals surface area contributed by atoms with Crippen molar-refractivity contribution in [2.75, 3.05) is 0 Å². The molecule has 0 fully saturated rings. The molecular weight excluding hydrogens is 227 g/mol. The first-order valence-electron chi connectivity index (χ1n) is 4.22. The van der Waals surface area contributed by atoms with Gasteiger partial charge in [-0.05, 0) is 13.0 Å². The summed E-state index contributed by atoms with van der Waals surface area (Å²) in [5.74, 6) is -1.29. The highest BCUT2D eigenvalue weighted by atomic mass is 19.4. The molecule has 1 N–H and O–H groups in total. The van der Waals surface area contributed by atoms with E-state index < -0.39 is 29.8 Å². The van der Waals surface area contributed by atoms with E-state index in [-0.39, 0.29) is 5.69 Å². The standard InChI is InChI=1S/C9H8F3NO3/c1-5-2-6(9(10,11)12)3-7(14)13(5)4-8(15)16/h2-3H,4H2,1H3,(H,15,16). The van der Waals surface area contributed by atoms with E-state index in [1.54, 1.807) is 0 Å². The zero-order valence-corrected chi connectivity index (χ0v) is 8.21. The fourth-order valence-electron chi connectivity index (χ4n) is 1.23. The maximum Gasteiger partial charge on any atom is 0.416 e. The minimum Gasteiger partial charge on any atom is -0.480 e. The van der Waals surface area contributed by atoms with E-state index in [1.807, 2.05) is 0 Å². The molecule has 0 aliphatic heterocycles. The number of aliphatic carboxylic acids is 1. The normalized spacial score (nSPS) is 11.5. The van der Waals surface area contributed by atoms with Gasteiger partial charge in [-0.3, -0.25) is 9.59 Å². The molecule has 0 aliphatic rings. The lowest BCUT2D eigenvalue weighted by molar-refractivity contribution is -0.137. The molecule has 0 radical (unpaired) electrons. The van der Waals surface area contributed by atoms with Crippen molar-refractivity contribution < 1.29 is 23.1 Å². The first kappa shape index (κ1) is 12.3. The number of rotatable bonds is 2. The van der Waals surface area contributed by atoms with E-state index in [0.29, 0.717) is 6.07 Å². The quantitative estimate of drug-likeness (QED) is 0.839. The van der Waals surface area contributed by atoms with Crippen LogP contribution in [-0.2, 0) is 17.5 Å². The van der Waals surface area contributed by atoms with Gasteiger partial charge in [0, 0.05) is 11.8 Å². The molecule has 0 aliphatic carbocycles. The summed E-state index contributed by atoms with van der Waals surface area (Å²) in [6.07, 6.45) is -4.60. The Morgan fingerprint density at radius 2 is 2.00 bits per heavy atom. The predicted octanol–water partition coefficient (Wildman–Crippen LogP) is 1.26. The van der Waals surface area contributed by atoms with Gasteiger partial charge in [-0.2, -0.15) is 13.2 Å². The molecule has 0 saturated heterocycles. The van der Waals surface area contributed by atoms with E-state index >= 15 is 0 Å². The molecule has 7 heteroatoms. The molecule has 1 heterocycles. The summed E-state index contributed by atoms with van der Waals surface area (Å²) in [6, 6.07) is 1.13. The first-order valence-corrected chi connectivity index (χ1v) is 4.22. The maximum absolute atomic E-state index is 12.3. The molecule has 0 atom stereocenters. The van der Waals surface area contributed by atoms with Gasteiger partial charge in [0.15, 0.2) is 0 Å². The fourth-order valence-corrected chi connectivity index (χ4v) is 1.23. The van der Waals surface area contributed by atoms with Crippen LogP contribution in [0.1, 0.15) is 11.3 Å². The van der Waals surface area contributed by atoms with Gasteiger partial charge in [0.25, 0.3) is 5.56 Å². The van der Waals surface area contributed by atoms with E-state index in [0.717, 1.165) is 10.6 Å².